The minimum atomic E-state index is -0.355. The van der Waals surface area contributed by atoms with Crippen LogP contribution in [0.1, 0.15) is 37.7 Å². The van der Waals surface area contributed by atoms with Crippen molar-refractivity contribution in [2.45, 2.75) is 26.3 Å². The molecule has 4 rings (SSSR count). The van der Waals surface area contributed by atoms with Gasteiger partial charge in [0.05, 0.1) is 22.4 Å². The maximum absolute atomic E-state index is 13.0. The van der Waals surface area contributed by atoms with Crippen molar-refractivity contribution in [3.63, 3.8) is 0 Å². The molecule has 0 fully saturated rings. The summed E-state index contributed by atoms with van der Waals surface area (Å²) in [5, 5.41) is 3.94. The molecule has 0 spiro atoms. The van der Waals surface area contributed by atoms with E-state index in [9.17, 15) is 9.59 Å². The summed E-state index contributed by atoms with van der Waals surface area (Å²) in [6.45, 7) is 3.71. The van der Waals surface area contributed by atoms with Crippen molar-refractivity contribution in [1.82, 2.24) is 25.3 Å². The largest absolute Gasteiger partial charge is 0.344 e. The number of aromatic amines is 1. The van der Waals surface area contributed by atoms with Gasteiger partial charge < -0.3 is 10.3 Å². The van der Waals surface area contributed by atoms with Crippen LogP contribution in [-0.2, 0) is 6.42 Å². The van der Waals surface area contributed by atoms with Gasteiger partial charge in [0.2, 0.25) is 0 Å². The summed E-state index contributed by atoms with van der Waals surface area (Å²) in [5.41, 5.74) is 2.68. The highest BCUT2D eigenvalue weighted by Gasteiger charge is 2.21. The topological polar surface area (TPSA) is 101 Å². The molecule has 2 N–H and O–H groups in total. The number of carbonyl (C=O) groups is 1. The molecule has 3 heterocycles. The highest BCUT2D eigenvalue weighted by atomic mass is 32.1. The van der Waals surface area contributed by atoms with Gasteiger partial charge in [0.1, 0.15) is 10.7 Å². The first-order valence-corrected chi connectivity index (χ1v) is 10.6. The summed E-state index contributed by atoms with van der Waals surface area (Å²) in [6.07, 6.45) is 3.67. The quantitative estimate of drug-likeness (QED) is 0.486. The summed E-state index contributed by atoms with van der Waals surface area (Å²) in [6, 6.07) is 14.4. The lowest BCUT2D eigenvalue weighted by Crippen LogP contribution is -2.30. The van der Waals surface area contributed by atoms with Gasteiger partial charge in [0.15, 0.2) is 0 Å². The van der Waals surface area contributed by atoms with E-state index in [1.165, 1.54) is 17.4 Å². The maximum Gasteiger partial charge on any atom is 0.263 e. The molecular weight excluding hydrogens is 410 g/mol. The van der Waals surface area contributed by atoms with Crippen molar-refractivity contribution >= 4 is 17.2 Å². The number of carbonyl (C=O) groups excluding carboxylic acids is 1. The van der Waals surface area contributed by atoms with Gasteiger partial charge in [-0.25, -0.2) is 9.97 Å². The molecule has 0 bridgehead atoms. The average Bonchev–Trinajstić information content (AvgIpc) is 3.12. The normalized spacial score (nSPS) is 11.8. The Labute approximate surface area is 183 Å². The second-order valence-corrected chi connectivity index (χ2v) is 8.32. The van der Waals surface area contributed by atoms with E-state index in [4.69, 9.17) is 0 Å². The van der Waals surface area contributed by atoms with E-state index in [0.717, 1.165) is 16.1 Å². The van der Waals surface area contributed by atoms with E-state index in [0.29, 0.717) is 28.5 Å². The average molecular weight is 432 g/mol. The molecule has 8 heteroatoms. The molecule has 0 aliphatic rings. The van der Waals surface area contributed by atoms with Gasteiger partial charge in [-0.2, -0.15) is 0 Å². The number of thiazole rings is 1. The molecule has 0 radical (unpaired) electrons. The summed E-state index contributed by atoms with van der Waals surface area (Å²) in [5.74, 6) is 0.261. The molecule has 0 saturated heterocycles. The van der Waals surface area contributed by atoms with E-state index in [1.807, 2.05) is 50.2 Å². The molecule has 0 aliphatic carbocycles. The Hall–Kier alpha value is -3.65. The lowest BCUT2D eigenvalue weighted by Gasteiger charge is -2.19. The molecule has 0 aliphatic heterocycles. The van der Waals surface area contributed by atoms with Crippen LogP contribution in [0.3, 0.4) is 0 Å². The first-order valence-electron chi connectivity index (χ1n) is 9.80. The smallest absolute Gasteiger partial charge is 0.263 e. The van der Waals surface area contributed by atoms with Crippen molar-refractivity contribution in [1.29, 1.82) is 0 Å². The molecule has 31 heavy (non-hydrogen) atoms. The fourth-order valence-corrected chi connectivity index (χ4v) is 4.19. The van der Waals surface area contributed by atoms with Crippen LogP contribution in [0.2, 0.25) is 0 Å². The van der Waals surface area contributed by atoms with E-state index in [-0.39, 0.29) is 17.5 Å². The first kappa shape index (κ1) is 20.6. The van der Waals surface area contributed by atoms with Crippen LogP contribution in [0, 0.1) is 13.8 Å². The third-order valence-corrected chi connectivity index (χ3v) is 5.83. The molecule has 1 amide bonds. The number of hydrogen-bond donors (Lipinski definition) is 2. The fraction of sp³-hybridized carbons (Fsp3) is 0.174. The van der Waals surface area contributed by atoms with E-state index >= 15 is 0 Å². The minimum absolute atomic E-state index is 0.186. The fourth-order valence-electron chi connectivity index (χ4n) is 3.36. The monoisotopic (exact) mass is 431 g/mol. The zero-order valence-electron chi connectivity index (χ0n) is 17.1. The van der Waals surface area contributed by atoms with Crippen LogP contribution in [0.5, 0.6) is 0 Å². The number of nitrogens with zero attached hydrogens (tertiary/aromatic N) is 3. The van der Waals surface area contributed by atoms with Crippen molar-refractivity contribution in [3.05, 3.63) is 98.1 Å². The van der Waals surface area contributed by atoms with Gasteiger partial charge in [-0.3, -0.25) is 14.6 Å². The lowest BCUT2D eigenvalue weighted by molar-refractivity contribution is 0.0939. The van der Waals surface area contributed by atoms with Crippen molar-refractivity contribution in [2.75, 3.05) is 0 Å². The Morgan fingerprint density at radius 3 is 2.61 bits per heavy atom. The van der Waals surface area contributed by atoms with Crippen LogP contribution in [-0.4, -0.2) is 25.8 Å². The van der Waals surface area contributed by atoms with Gasteiger partial charge in [0, 0.05) is 30.4 Å². The van der Waals surface area contributed by atoms with Crippen molar-refractivity contribution in [2.24, 2.45) is 0 Å². The second kappa shape index (κ2) is 9.01. The Balaban J connectivity index is 1.66. The number of nitrogens with one attached hydrogen (secondary N) is 2. The lowest BCUT2D eigenvalue weighted by atomic mass is 10.0. The number of benzene rings is 1. The molecule has 1 aromatic carbocycles. The highest BCUT2D eigenvalue weighted by Crippen LogP contribution is 2.22. The summed E-state index contributed by atoms with van der Waals surface area (Å²) in [4.78, 5) is 41.6. The molecule has 7 nitrogen and oxygen atoms in total. The second-order valence-electron chi connectivity index (χ2n) is 7.12. The maximum atomic E-state index is 13.0. The van der Waals surface area contributed by atoms with Crippen LogP contribution in [0.25, 0.3) is 11.4 Å². The zero-order valence-corrected chi connectivity index (χ0v) is 17.9. The standard InChI is InChI=1S/C23H21N5O2S/c1-14-21(31-15(2)25-14)23(30)27-19(16-7-4-3-5-8-16)11-18-12-20(29)28-22(26-18)17-9-6-10-24-13-17/h3-10,12-13,19H,11H2,1-2H3,(H,27,30)(H,26,28,29)/t19-/m0/s1. The summed E-state index contributed by atoms with van der Waals surface area (Å²) >= 11 is 1.37. The summed E-state index contributed by atoms with van der Waals surface area (Å²) < 4.78 is 0. The molecule has 3 aromatic heterocycles. The Bertz CT molecular complexity index is 1250. The molecule has 4 aromatic rings. The predicted octanol–water partition coefficient (Wildman–Crippen LogP) is 3.62. The predicted molar refractivity (Wildman–Crippen MR) is 120 cm³/mol. The first-order chi connectivity index (χ1) is 15.0. The Kier molecular flexibility index (Phi) is 5.99. The van der Waals surface area contributed by atoms with E-state index in [1.54, 1.807) is 18.5 Å². The SMILES string of the molecule is Cc1nc(C)c(C(=O)N[C@@H](Cc2cc(=O)[nH]c(-c3cccnc3)n2)c2ccccc2)s1. The highest BCUT2D eigenvalue weighted by molar-refractivity contribution is 7.13. The third-order valence-electron chi connectivity index (χ3n) is 4.76. The molecule has 0 unspecified atom stereocenters. The van der Waals surface area contributed by atoms with Gasteiger partial charge in [-0.15, -0.1) is 11.3 Å². The minimum Gasteiger partial charge on any atom is -0.344 e. The number of hydrogen-bond acceptors (Lipinski definition) is 6. The zero-order chi connectivity index (χ0) is 21.8. The van der Waals surface area contributed by atoms with Crippen LogP contribution >= 0.6 is 11.3 Å². The number of pyridine rings is 1. The molecule has 0 saturated carbocycles. The number of H-pyrrole nitrogens is 1. The number of aromatic nitrogens is 4. The number of rotatable bonds is 6. The number of aryl methyl sites for hydroxylation is 2. The van der Waals surface area contributed by atoms with E-state index in [2.05, 4.69) is 25.3 Å². The summed E-state index contributed by atoms with van der Waals surface area (Å²) in [7, 11) is 0. The molecule has 156 valence electrons. The van der Waals surface area contributed by atoms with Crippen molar-refractivity contribution in [3.8, 4) is 11.4 Å². The molecular formula is C23H21N5O2S. The van der Waals surface area contributed by atoms with Gasteiger partial charge in [0.25, 0.3) is 11.5 Å². The van der Waals surface area contributed by atoms with Crippen LogP contribution in [0.4, 0.5) is 0 Å². The molecule has 1 atom stereocenters. The van der Waals surface area contributed by atoms with Crippen molar-refractivity contribution < 1.29 is 4.79 Å². The van der Waals surface area contributed by atoms with Crippen LogP contribution in [0.15, 0.2) is 65.7 Å². The Morgan fingerprint density at radius 2 is 1.94 bits per heavy atom. The number of amides is 1. The Morgan fingerprint density at radius 1 is 1.13 bits per heavy atom. The third kappa shape index (κ3) is 4.92. The van der Waals surface area contributed by atoms with Crippen LogP contribution < -0.4 is 10.9 Å². The van der Waals surface area contributed by atoms with Gasteiger partial charge in [-0.1, -0.05) is 30.3 Å². The van der Waals surface area contributed by atoms with Gasteiger partial charge in [-0.05, 0) is 31.5 Å². The van der Waals surface area contributed by atoms with Gasteiger partial charge >= 0.3 is 0 Å². The van der Waals surface area contributed by atoms with E-state index < -0.39 is 0 Å².